The summed E-state index contributed by atoms with van der Waals surface area (Å²) in [5.74, 6) is 0.0323. The molecular weight excluding hydrogens is 254 g/mol. The molecule has 0 bridgehead atoms. The van der Waals surface area contributed by atoms with Gasteiger partial charge in [-0.15, -0.1) is 11.3 Å². The molecule has 0 saturated heterocycles. The first-order chi connectivity index (χ1) is 9.15. The molecule has 1 aromatic carbocycles. The zero-order chi connectivity index (χ0) is 13.7. The van der Waals surface area contributed by atoms with Gasteiger partial charge in [0.2, 0.25) is 0 Å². The number of hydrogen-bond donors (Lipinski definition) is 1. The van der Waals surface area contributed by atoms with Crippen molar-refractivity contribution in [3.05, 3.63) is 57.8 Å². The van der Waals surface area contributed by atoms with Crippen molar-refractivity contribution >= 4 is 17.2 Å². The number of carbonyl (C=O) groups is 1. The lowest BCUT2D eigenvalue weighted by atomic mass is 10.1. The van der Waals surface area contributed by atoms with Gasteiger partial charge < -0.3 is 5.32 Å². The van der Waals surface area contributed by atoms with Gasteiger partial charge in [0.1, 0.15) is 0 Å². The lowest BCUT2D eigenvalue weighted by Gasteiger charge is -2.13. The Morgan fingerprint density at radius 1 is 1.32 bits per heavy atom. The molecular formula is C16H19NOS. The molecule has 1 amide bonds. The van der Waals surface area contributed by atoms with E-state index in [-0.39, 0.29) is 11.9 Å². The average molecular weight is 273 g/mol. The molecule has 1 aromatic heterocycles. The third-order valence-corrected chi connectivity index (χ3v) is 3.94. The van der Waals surface area contributed by atoms with Gasteiger partial charge in [0.15, 0.2) is 0 Å². The number of nitrogens with one attached hydrogen (secondary N) is 1. The van der Waals surface area contributed by atoms with Gasteiger partial charge in [0.05, 0.1) is 5.56 Å². The SMILES string of the molecule is Cc1cc(C(=O)NC(C)CCc2ccccc2)cs1. The van der Waals surface area contributed by atoms with E-state index < -0.39 is 0 Å². The minimum atomic E-state index is 0.0323. The molecule has 0 aliphatic heterocycles. The second-order valence-electron chi connectivity index (χ2n) is 4.84. The first-order valence-corrected chi connectivity index (χ1v) is 7.43. The molecule has 0 radical (unpaired) electrons. The summed E-state index contributed by atoms with van der Waals surface area (Å²) in [5, 5.41) is 4.96. The van der Waals surface area contributed by atoms with Crippen LogP contribution in [0.3, 0.4) is 0 Å². The molecule has 0 fully saturated rings. The first kappa shape index (κ1) is 13.8. The van der Waals surface area contributed by atoms with Gasteiger partial charge in [0.25, 0.3) is 5.91 Å². The van der Waals surface area contributed by atoms with Crippen molar-refractivity contribution in [2.45, 2.75) is 32.7 Å². The molecule has 19 heavy (non-hydrogen) atoms. The van der Waals surface area contributed by atoms with Crippen molar-refractivity contribution in [2.75, 3.05) is 0 Å². The molecule has 1 unspecified atom stereocenters. The van der Waals surface area contributed by atoms with E-state index in [4.69, 9.17) is 0 Å². The lowest BCUT2D eigenvalue weighted by molar-refractivity contribution is 0.0939. The molecule has 2 nitrogen and oxygen atoms in total. The van der Waals surface area contributed by atoms with Crippen LogP contribution >= 0.6 is 11.3 Å². The number of hydrogen-bond acceptors (Lipinski definition) is 2. The number of benzene rings is 1. The van der Waals surface area contributed by atoms with Crippen LogP contribution in [0.5, 0.6) is 0 Å². The Morgan fingerprint density at radius 2 is 2.05 bits per heavy atom. The molecule has 100 valence electrons. The molecule has 0 aliphatic carbocycles. The zero-order valence-electron chi connectivity index (χ0n) is 11.3. The molecule has 0 aliphatic rings. The number of carbonyl (C=O) groups excluding carboxylic acids is 1. The van der Waals surface area contributed by atoms with Crippen molar-refractivity contribution in [2.24, 2.45) is 0 Å². The summed E-state index contributed by atoms with van der Waals surface area (Å²) < 4.78 is 0. The smallest absolute Gasteiger partial charge is 0.252 e. The van der Waals surface area contributed by atoms with Gasteiger partial charge in [0, 0.05) is 16.3 Å². The van der Waals surface area contributed by atoms with Crippen LogP contribution in [0.15, 0.2) is 41.8 Å². The molecule has 0 spiro atoms. The minimum absolute atomic E-state index is 0.0323. The predicted octanol–water partition coefficient (Wildman–Crippen LogP) is 3.81. The Balaban J connectivity index is 1.81. The summed E-state index contributed by atoms with van der Waals surface area (Å²) in [7, 11) is 0. The lowest BCUT2D eigenvalue weighted by Crippen LogP contribution is -2.32. The van der Waals surface area contributed by atoms with E-state index in [2.05, 4.69) is 24.4 Å². The Bertz CT molecular complexity index is 533. The third kappa shape index (κ3) is 4.21. The van der Waals surface area contributed by atoms with E-state index in [0.717, 1.165) is 18.4 Å². The zero-order valence-corrected chi connectivity index (χ0v) is 12.2. The molecule has 1 heterocycles. The number of thiophene rings is 1. The number of amides is 1. The molecule has 2 aromatic rings. The van der Waals surface area contributed by atoms with E-state index in [1.54, 1.807) is 11.3 Å². The Labute approximate surface area is 118 Å². The quantitative estimate of drug-likeness (QED) is 0.882. The molecule has 1 atom stereocenters. The van der Waals surface area contributed by atoms with Crippen molar-refractivity contribution in [3.63, 3.8) is 0 Å². The largest absolute Gasteiger partial charge is 0.350 e. The van der Waals surface area contributed by atoms with Crippen LogP contribution in [0.1, 0.15) is 34.1 Å². The number of rotatable bonds is 5. The Morgan fingerprint density at radius 3 is 2.68 bits per heavy atom. The van der Waals surface area contributed by atoms with Crippen LogP contribution in [0, 0.1) is 6.92 Å². The molecule has 3 heteroatoms. The van der Waals surface area contributed by atoms with E-state index in [0.29, 0.717) is 0 Å². The van der Waals surface area contributed by atoms with Gasteiger partial charge in [-0.05, 0) is 38.3 Å². The van der Waals surface area contributed by atoms with Crippen LogP contribution in [0.2, 0.25) is 0 Å². The van der Waals surface area contributed by atoms with Crippen molar-refractivity contribution in [1.82, 2.24) is 5.32 Å². The maximum absolute atomic E-state index is 12.0. The van der Waals surface area contributed by atoms with Crippen LogP contribution in [0.25, 0.3) is 0 Å². The van der Waals surface area contributed by atoms with Crippen LogP contribution in [-0.4, -0.2) is 11.9 Å². The fourth-order valence-corrected chi connectivity index (χ4v) is 2.65. The molecule has 2 rings (SSSR count). The molecule has 0 saturated carbocycles. The fourth-order valence-electron chi connectivity index (χ4n) is 1.97. The first-order valence-electron chi connectivity index (χ1n) is 6.55. The third-order valence-electron chi connectivity index (χ3n) is 3.08. The van der Waals surface area contributed by atoms with Crippen LogP contribution in [-0.2, 0) is 6.42 Å². The van der Waals surface area contributed by atoms with E-state index in [1.165, 1.54) is 10.4 Å². The second kappa shape index (κ2) is 6.53. The van der Waals surface area contributed by atoms with E-state index >= 15 is 0 Å². The average Bonchev–Trinajstić information content (AvgIpc) is 2.84. The van der Waals surface area contributed by atoms with Gasteiger partial charge >= 0.3 is 0 Å². The van der Waals surface area contributed by atoms with Crippen LogP contribution in [0.4, 0.5) is 0 Å². The minimum Gasteiger partial charge on any atom is -0.350 e. The topological polar surface area (TPSA) is 29.1 Å². The number of aryl methyl sites for hydroxylation is 2. The summed E-state index contributed by atoms with van der Waals surface area (Å²) >= 11 is 1.61. The van der Waals surface area contributed by atoms with Gasteiger partial charge in [-0.25, -0.2) is 0 Å². The predicted molar refractivity (Wildman–Crippen MR) is 80.7 cm³/mol. The highest BCUT2D eigenvalue weighted by molar-refractivity contribution is 7.10. The summed E-state index contributed by atoms with van der Waals surface area (Å²) in [4.78, 5) is 13.1. The standard InChI is InChI=1S/C16H19NOS/c1-12(8-9-14-6-4-3-5-7-14)17-16(18)15-10-13(2)19-11-15/h3-7,10-12H,8-9H2,1-2H3,(H,17,18). The van der Waals surface area contributed by atoms with Gasteiger partial charge in [-0.3, -0.25) is 4.79 Å². The summed E-state index contributed by atoms with van der Waals surface area (Å²) in [6.45, 7) is 4.07. The van der Waals surface area contributed by atoms with Crippen molar-refractivity contribution in [3.8, 4) is 0 Å². The van der Waals surface area contributed by atoms with Gasteiger partial charge in [-0.2, -0.15) is 0 Å². The highest BCUT2D eigenvalue weighted by Gasteiger charge is 2.10. The van der Waals surface area contributed by atoms with Crippen molar-refractivity contribution in [1.29, 1.82) is 0 Å². The highest BCUT2D eigenvalue weighted by Crippen LogP contribution is 2.13. The fraction of sp³-hybridized carbons (Fsp3) is 0.312. The Hall–Kier alpha value is -1.61. The maximum atomic E-state index is 12.0. The van der Waals surface area contributed by atoms with Crippen molar-refractivity contribution < 1.29 is 4.79 Å². The van der Waals surface area contributed by atoms with Crippen LogP contribution < -0.4 is 5.32 Å². The maximum Gasteiger partial charge on any atom is 0.252 e. The molecule has 1 N–H and O–H groups in total. The van der Waals surface area contributed by atoms with E-state index in [1.807, 2.05) is 36.6 Å². The summed E-state index contributed by atoms with van der Waals surface area (Å²) in [5.41, 5.74) is 2.09. The van der Waals surface area contributed by atoms with Gasteiger partial charge in [-0.1, -0.05) is 30.3 Å². The van der Waals surface area contributed by atoms with E-state index in [9.17, 15) is 4.79 Å². The Kier molecular flexibility index (Phi) is 4.74. The summed E-state index contributed by atoms with van der Waals surface area (Å²) in [6.07, 6.45) is 1.95. The second-order valence-corrected chi connectivity index (χ2v) is 5.96. The monoisotopic (exact) mass is 273 g/mol. The summed E-state index contributed by atoms with van der Waals surface area (Å²) in [6, 6.07) is 12.5. The highest BCUT2D eigenvalue weighted by atomic mass is 32.1. The normalized spacial score (nSPS) is 12.1.